The number of thioether (sulfide) groups is 1. The molecule has 6 nitrogen and oxygen atoms in total. The van der Waals surface area contributed by atoms with Gasteiger partial charge >= 0.3 is 0 Å². The van der Waals surface area contributed by atoms with E-state index in [4.69, 9.17) is 5.73 Å². The molecule has 2 aromatic rings. The normalized spacial score (nSPS) is 20.3. The van der Waals surface area contributed by atoms with E-state index in [-0.39, 0.29) is 23.2 Å². The molecule has 0 bridgehead atoms. The van der Waals surface area contributed by atoms with Crippen molar-refractivity contribution in [2.75, 3.05) is 5.32 Å². The number of fused-ring (bicyclic) bond motifs is 1. The second kappa shape index (κ2) is 8.15. The maximum atomic E-state index is 12.7. The average molecular weight is 358 g/mol. The molecule has 0 radical (unpaired) electrons. The molecule has 2 aromatic carbocycles. The van der Waals surface area contributed by atoms with E-state index in [1.807, 2.05) is 54.6 Å². The second-order valence-corrected chi connectivity index (χ2v) is 6.89. The fourth-order valence-corrected chi connectivity index (χ4v) is 3.85. The minimum atomic E-state index is -0.705. The lowest BCUT2D eigenvalue weighted by atomic mass is 10.0. The lowest BCUT2D eigenvalue weighted by Gasteiger charge is -2.25. The van der Waals surface area contributed by atoms with Crippen LogP contribution in [-0.2, 0) is 9.59 Å². The van der Waals surface area contributed by atoms with Crippen molar-refractivity contribution < 1.29 is 9.59 Å². The minimum absolute atomic E-state index is 0. The summed E-state index contributed by atoms with van der Waals surface area (Å²) in [6, 6.07) is 15.9. The fourth-order valence-electron chi connectivity index (χ4n) is 2.55. The van der Waals surface area contributed by atoms with Crippen LogP contribution < -0.4 is 22.5 Å². The molecule has 25 heavy (non-hydrogen) atoms. The van der Waals surface area contributed by atoms with Crippen LogP contribution in [0.1, 0.15) is 17.7 Å². The molecule has 0 aliphatic carbocycles. The number of anilines is 1. The maximum Gasteiger partial charge on any atom is 0.248 e. The van der Waals surface area contributed by atoms with Crippen molar-refractivity contribution >= 4 is 29.3 Å². The number of hydrogen-bond donors (Lipinski definition) is 4. The van der Waals surface area contributed by atoms with Crippen LogP contribution in [0.15, 0.2) is 59.5 Å². The summed E-state index contributed by atoms with van der Waals surface area (Å²) in [5, 5.41) is 5.46. The van der Waals surface area contributed by atoms with Crippen LogP contribution in [-0.4, -0.2) is 23.9 Å². The van der Waals surface area contributed by atoms with Crippen LogP contribution in [0.2, 0.25) is 0 Å². The Balaban J connectivity index is 0.00000225. The number of nitrogens with two attached hydrogens (primary N) is 1. The largest absolute Gasteiger partial charge is 0.344 e. The van der Waals surface area contributed by atoms with Crippen molar-refractivity contribution in [1.29, 1.82) is 0 Å². The van der Waals surface area contributed by atoms with Crippen molar-refractivity contribution in [3.05, 3.63) is 60.2 Å². The van der Waals surface area contributed by atoms with Crippen molar-refractivity contribution in [3.8, 4) is 0 Å². The van der Waals surface area contributed by atoms with Gasteiger partial charge in [0, 0.05) is 4.90 Å². The molecule has 7 N–H and O–H groups in total. The molecule has 1 aliphatic rings. The van der Waals surface area contributed by atoms with Crippen molar-refractivity contribution in [3.63, 3.8) is 0 Å². The van der Waals surface area contributed by atoms with Gasteiger partial charge in [0.15, 0.2) is 0 Å². The lowest BCUT2D eigenvalue weighted by molar-refractivity contribution is -0.127. The highest BCUT2D eigenvalue weighted by Gasteiger charge is 2.35. The summed E-state index contributed by atoms with van der Waals surface area (Å²) in [5.41, 5.74) is 7.39. The highest BCUT2D eigenvalue weighted by Crippen LogP contribution is 2.43. The summed E-state index contributed by atoms with van der Waals surface area (Å²) >= 11 is 1.56. The van der Waals surface area contributed by atoms with Gasteiger partial charge in [0.2, 0.25) is 11.8 Å². The molecule has 0 spiro atoms. The Bertz CT molecular complexity index is 752. The Kier molecular flexibility index (Phi) is 6.19. The number of rotatable bonds is 3. The van der Waals surface area contributed by atoms with Gasteiger partial charge in [0.25, 0.3) is 0 Å². The molecule has 1 aliphatic heterocycles. The molecule has 0 aromatic heterocycles. The fraction of sp³-hybridized carbons (Fsp3) is 0.222. The third kappa shape index (κ3) is 4.19. The molecule has 7 heteroatoms. The monoisotopic (exact) mass is 358 g/mol. The highest BCUT2D eigenvalue weighted by atomic mass is 32.2. The summed E-state index contributed by atoms with van der Waals surface area (Å²) < 4.78 is 0. The second-order valence-electron chi connectivity index (χ2n) is 5.71. The standard InChI is InChI=1S/C18H19N3O2S.H3N/c1-11(19)17(22)21-15-16(12-7-3-2-4-8-12)24-14-10-6-5-9-13(14)20-18(15)23;/h2-11,15-16H,19H2,1H3,(H,20,23)(H,21,22);1H3/t11-,15+,16-;/m0./s1. The zero-order valence-electron chi connectivity index (χ0n) is 13.9. The quantitative estimate of drug-likeness (QED) is 0.672. The Labute approximate surface area is 151 Å². The zero-order chi connectivity index (χ0) is 17.1. The van der Waals surface area contributed by atoms with E-state index in [1.165, 1.54) is 0 Å². The van der Waals surface area contributed by atoms with Crippen LogP contribution in [0.25, 0.3) is 0 Å². The number of amides is 2. The zero-order valence-corrected chi connectivity index (χ0v) is 14.8. The van der Waals surface area contributed by atoms with Crippen molar-refractivity contribution in [2.24, 2.45) is 5.73 Å². The van der Waals surface area contributed by atoms with Gasteiger partial charge in [-0.25, -0.2) is 0 Å². The SMILES string of the molecule is C[C@H](N)C(=O)N[C@H]1C(=O)Nc2ccccc2S[C@H]1c1ccccc1.N. The topological polar surface area (TPSA) is 119 Å². The third-order valence-electron chi connectivity index (χ3n) is 3.82. The van der Waals surface area contributed by atoms with Crippen molar-refractivity contribution in [1.82, 2.24) is 11.5 Å². The van der Waals surface area contributed by atoms with Gasteiger partial charge in [-0.15, -0.1) is 11.8 Å². The van der Waals surface area contributed by atoms with Gasteiger partial charge in [-0.2, -0.15) is 0 Å². The highest BCUT2D eigenvalue weighted by molar-refractivity contribution is 7.99. The smallest absolute Gasteiger partial charge is 0.248 e. The molecule has 132 valence electrons. The Hall–Kier alpha value is -2.35. The molecule has 3 atom stereocenters. The molecule has 1 heterocycles. The Morgan fingerprint density at radius 1 is 1.16 bits per heavy atom. The molecular weight excluding hydrogens is 336 g/mol. The summed E-state index contributed by atoms with van der Waals surface area (Å²) in [7, 11) is 0. The summed E-state index contributed by atoms with van der Waals surface area (Å²) in [5.74, 6) is -0.585. The van der Waals surface area contributed by atoms with E-state index >= 15 is 0 Å². The number of carbonyl (C=O) groups is 2. The number of para-hydroxylation sites is 1. The number of nitrogens with one attached hydrogen (secondary N) is 2. The lowest BCUT2D eigenvalue weighted by Crippen LogP contribution is -2.50. The van der Waals surface area contributed by atoms with Crippen LogP contribution in [0, 0.1) is 0 Å². The van der Waals surface area contributed by atoms with Gasteiger partial charge in [0.05, 0.1) is 17.0 Å². The van der Waals surface area contributed by atoms with Crippen LogP contribution >= 0.6 is 11.8 Å². The van der Waals surface area contributed by atoms with Crippen molar-refractivity contribution in [2.45, 2.75) is 29.2 Å². The summed E-state index contributed by atoms with van der Waals surface area (Å²) in [6.45, 7) is 1.60. The Morgan fingerprint density at radius 2 is 1.80 bits per heavy atom. The first-order valence-corrected chi connectivity index (χ1v) is 8.61. The van der Waals surface area contributed by atoms with E-state index < -0.39 is 12.1 Å². The predicted molar refractivity (Wildman–Crippen MR) is 101 cm³/mol. The molecule has 2 amide bonds. The minimum Gasteiger partial charge on any atom is -0.344 e. The van der Waals surface area contributed by atoms with Crippen LogP contribution in [0.3, 0.4) is 0 Å². The van der Waals surface area contributed by atoms with Gasteiger partial charge in [-0.05, 0) is 24.6 Å². The first-order valence-electron chi connectivity index (χ1n) is 7.73. The number of benzene rings is 2. The van der Waals surface area contributed by atoms with Gasteiger partial charge < -0.3 is 22.5 Å². The Morgan fingerprint density at radius 3 is 2.48 bits per heavy atom. The van der Waals surface area contributed by atoms with Gasteiger partial charge in [0.1, 0.15) is 6.04 Å². The van der Waals surface area contributed by atoms with E-state index in [2.05, 4.69) is 10.6 Å². The first kappa shape index (κ1) is 19.0. The molecule has 3 rings (SSSR count). The van der Waals surface area contributed by atoms with E-state index in [9.17, 15) is 9.59 Å². The first-order chi connectivity index (χ1) is 11.6. The maximum absolute atomic E-state index is 12.7. The van der Waals surface area contributed by atoms with E-state index in [1.54, 1.807) is 18.7 Å². The number of carbonyl (C=O) groups excluding carboxylic acids is 2. The molecule has 0 saturated heterocycles. The predicted octanol–water partition coefficient (Wildman–Crippen LogP) is 2.47. The molecule has 0 saturated carbocycles. The van der Waals surface area contributed by atoms with Crippen LogP contribution in [0.4, 0.5) is 5.69 Å². The number of hydrogen-bond acceptors (Lipinski definition) is 5. The van der Waals surface area contributed by atoms with Gasteiger partial charge in [-0.3, -0.25) is 9.59 Å². The van der Waals surface area contributed by atoms with Crippen LogP contribution in [0.5, 0.6) is 0 Å². The molecule has 0 unspecified atom stereocenters. The molecular formula is C18H22N4O2S. The van der Waals surface area contributed by atoms with E-state index in [0.717, 1.165) is 16.1 Å². The van der Waals surface area contributed by atoms with Gasteiger partial charge in [-0.1, -0.05) is 42.5 Å². The average Bonchev–Trinajstić information content (AvgIpc) is 2.72. The molecule has 0 fully saturated rings. The summed E-state index contributed by atoms with van der Waals surface area (Å²) in [6.07, 6.45) is 0. The van der Waals surface area contributed by atoms with E-state index in [0.29, 0.717) is 0 Å². The summed E-state index contributed by atoms with van der Waals surface area (Å²) in [4.78, 5) is 25.8. The third-order valence-corrected chi connectivity index (χ3v) is 5.23.